The van der Waals surface area contributed by atoms with E-state index >= 15 is 0 Å². The number of aromatic nitrogens is 1. The number of halogens is 1. The first-order chi connectivity index (χ1) is 5.16. The minimum atomic E-state index is -0.567. The molecule has 0 amide bonds. The maximum Gasteiger partial charge on any atom is 0.195 e. The van der Waals surface area contributed by atoms with E-state index in [-0.39, 0.29) is 11.8 Å². The van der Waals surface area contributed by atoms with E-state index in [1.54, 1.807) is 22.6 Å². The molecule has 0 radical (unpaired) electrons. The number of hydrogen-bond acceptors (Lipinski definition) is 3. The van der Waals surface area contributed by atoms with Gasteiger partial charge in [0.1, 0.15) is 4.05 Å². The molecule has 1 aromatic heterocycles. The lowest BCUT2D eigenvalue weighted by atomic mass is 10.6. The first-order valence-electron chi connectivity index (χ1n) is 2.85. The summed E-state index contributed by atoms with van der Waals surface area (Å²) in [4.78, 5) is 10.3. The molecule has 1 rings (SSSR count). The molecule has 0 saturated heterocycles. The van der Waals surface area contributed by atoms with Crippen molar-refractivity contribution in [1.82, 2.24) is 4.57 Å². The lowest BCUT2D eigenvalue weighted by Gasteiger charge is -2.06. The minimum Gasteiger partial charge on any atom is -0.494 e. The average Bonchev–Trinajstić information content (AvgIpc) is 2.30. The van der Waals surface area contributed by atoms with Crippen molar-refractivity contribution >= 4 is 28.9 Å². The van der Waals surface area contributed by atoms with Gasteiger partial charge in [-0.3, -0.25) is 4.57 Å². The van der Waals surface area contributed by atoms with Gasteiger partial charge in [-0.15, -0.1) is 0 Å². The van der Waals surface area contributed by atoms with E-state index in [0.717, 1.165) is 4.57 Å². The molecule has 1 atom stereocenters. The summed E-state index contributed by atoms with van der Waals surface area (Å²) in [5, 5.41) is 18.1. The van der Waals surface area contributed by atoms with Crippen molar-refractivity contribution in [3.63, 3.8) is 0 Å². The van der Waals surface area contributed by atoms with Crippen LogP contribution >= 0.6 is 22.6 Å². The van der Waals surface area contributed by atoms with Crippen LogP contribution in [0.4, 0.5) is 0 Å². The summed E-state index contributed by atoms with van der Waals surface area (Å²) >= 11 is 1.79. The molecule has 0 spiro atoms. The Bertz CT molecular complexity index is 251. The number of carbonyl (C=O) groups is 1. The van der Waals surface area contributed by atoms with E-state index in [4.69, 9.17) is 10.2 Å². The lowest BCUT2D eigenvalue weighted by Crippen LogP contribution is -2.00. The monoisotopic (exact) mass is 267 g/mol. The molecule has 0 aliphatic heterocycles. The van der Waals surface area contributed by atoms with Crippen LogP contribution < -0.4 is 0 Å². The van der Waals surface area contributed by atoms with Crippen LogP contribution in [0.2, 0.25) is 0 Å². The van der Waals surface area contributed by atoms with Gasteiger partial charge in [0.05, 0.1) is 0 Å². The van der Waals surface area contributed by atoms with Gasteiger partial charge in [0.15, 0.2) is 18.0 Å². The van der Waals surface area contributed by atoms with Gasteiger partial charge in [-0.2, -0.15) is 0 Å². The molecule has 1 aromatic rings. The van der Waals surface area contributed by atoms with Crippen LogP contribution in [-0.2, 0) is 4.79 Å². The van der Waals surface area contributed by atoms with Crippen LogP contribution in [0, 0.1) is 0 Å². The first kappa shape index (κ1) is 8.38. The zero-order valence-corrected chi connectivity index (χ0v) is 7.59. The molecule has 2 N–H and O–H groups in total. The summed E-state index contributed by atoms with van der Waals surface area (Å²) in [6.07, 6.45) is 0.625. The van der Waals surface area contributed by atoms with E-state index in [1.165, 1.54) is 12.1 Å². The molecule has 0 fully saturated rings. The number of nitrogens with zero attached hydrogens (tertiary/aromatic N) is 1. The molecule has 11 heavy (non-hydrogen) atoms. The summed E-state index contributed by atoms with van der Waals surface area (Å²) < 4.78 is 0.552. The molecule has 1 unspecified atom stereocenters. The number of aromatic hydroxyl groups is 2. The van der Waals surface area contributed by atoms with Crippen molar-refractivity contribution in [3.05, 3.63) is 12.1 Å². The number of aldehydes is 1. The Labute approximate surface area is 76.6 Å². The second-order valence-corrected chi connectivity index (χ2v) is 3.20. The molecular formula is C6H6INO3. The van der Waals surface area contributed by atoms with Gasteiger partial charge in [0, 0.05) is 12.1 Å². The average molecular weight is 267 g/mol. The highest BCUT2D eigenvalue weighted by Crippen LogP contribution is 2.28. The Hall–Kier alpha value is -0.720. The number of rotatable bonds is 2. The quantitative estimate of drug-likeness (QED) is 0.478. The Morgan fingerprint density at radius 2 is 1.91 bits per heavy atom. The number of alkyl halides is 1. The van der Waals surface area contributed by atoms with Gasteiger partial charge in [-0.25, -0.2) is 0 Å². The molecule has 1 heterocycles. The Balaban J connectivity index is 3.09. The van der Waals surface area contributed by atoms with Crippen LogP contribution in [0.1, 0.15) is 4.05 Å². The molecule has 60 valence electrons. The molecule has 0 aromatic carbocycles. The van der Waals surface area contributed by atoms with Gasteiger partial charge in [0.25, 0.3) is 0 Å². The highest BCUT2D eigenvalue weighted by atomic mass is 127. The zero-order valence-electron chi connectivity index (χ0n) is 5.44. The van der Waals surface area contributed by atoms with E-state index in [9.17, 15) is 4.79 Å². The third-order valence-electron chi connectivity index (χ3n) is 1.23. The van der Waals surface area contributed by atoms with Crippen molar-refractivity contribution in [3.8, 4) is 11.8 Å². The maximum absolute atomic E-state index is 10.3. The van der Waals surface area contributed by atoms with Gasteiger partial charge in [-0.05, 0) is 22.6 Å². The van der Waals surface area contributed by atoms with Crippen molar-refractivity contribution in [1.29, 1.82) is 0 Å². The second-order valence-electron chi connectivity index (χ2n) is 1.93. The highest BCUT2D eigenvalue weighted by Gasteiger charge is 2.12. The SMILES string of the molecule is O=CC(I)n1c(O)ccc1O. The van der Waals surface area contributed by atoms with Crippen LogP contribution in [0.3, 0.4) is 0 Å². The van der Waals surface area contributed by atoms with E-state index in [2.05, 4.69) is 0 Å². The molecule has 0 saturated carbocycles. The van der Waals surface area contributed by atoms with Crippen molar-refractivity contribution in [2.24, 2.45) is 0 Å². The van der Waals surface area contributed by atoms with Crippen molar-refractivity contribution < 1.29 is 15.0 Å². The fourth-order valence-electron chi connectivity index (χ4n) is 0.741. The predicted molar refractivity (Wildman–Crippen MR) is 46.9 cm³/mol. The normalized spacial score (nSPS) is 12.8. The number of carbonyl (C=O) groups excluding carboxylic acids is 1. The van der Waals surface area contributed by atoms with Crippen molar-refractivity contribution in [2.75, 3.05) is 0 Å². The molecule has 0 aliphatic rings. The van der Waals surface area contributed by atoms with E-state index in [0.29, 0.717) is 6.29 Å². The third kappa shape index (κ3) is 1.47. The lowest BCUT2D eigenvalue weighted by molar-refractivity contribution is -0.108. The van der Waals surface area contributed by atoms with E-state index < -0.39 is 4.05 Å². The zero-order chi connectivity index (χ0) is 8.43. The van der Waals surface area contributed by atoms with Gasteiger partial charge >= 0.3 is 0 Å². The molecule has 0 bridgehead atoms. The fraction of sp³-hybridized carbons (Fsp3) is 0.167. The highest BCUT2D eigenvalue weighted by molar-refractivity contribution is 14.1. The third-order valence-corrected chi connectivity index (χ3v) is 2.08. The van der Waals surface area contributed by atoms with Gasteiger partial charge in [0.2, 0.25) is 0 Å². The van der Waals surface area contributed by atoms with Crippen LogP contribution in [0.15, 0.2) is 12.1 Å². The largest absolute Gasteiger partial charge is 0.494 e. The molecule has 4 nitrogen and oxygen atoms in total. The minimum absolute atomic E-state index is 0.117. The Morgan fingerprint density at radius 3 is 2.27 bits per heavy atom. The van der Waals surface area contributed by atoms with Gasteiger partial charge < -0.3 is 15.0 Å². The molecular weight excluding hydrogens is 261 g/mol. The summed E-state index contributed by atoms with van der Waals surface area (Å²) in [7, 11) is 0. The summed E-state index contributed by atoms with van der Waals surface area (Å²) in [6.45, 7) is 0. The van der Waals surface area contributed by atoms with E-state index in [1.807, 2.05) is 0 Å². The van der Waals surface area contributed by atoms with Crippen LogP contribution in [0.5, 0.6) is 11.8 Å². The summed E-state index contributed by atoms with van der Waals surface area (Å²) in [5.41, 5.74) is 0. The van der Waals surface area contributed by atoms with Crippen LogP contribution in [0.25, 0.3) is 0 Å². The standard InChI is InChI=1S/C6H6INO3/c7-4(3-9)8-5(10)1-2-6(8)11/h1-4,10-11H. The smallest absolute Gasteiger partial charge is 0.195 e. The van der Waals surface area contributed by atoms with Crippen LogP contribution in [-0.4, -0.2) is 21.1 Å². The predicted octanol–water partition coefficient (Wildman–Crippen LogP) is 1.03. The Kier molecular flexibility index (Phi) is 2.38. The van der Waals surface area contributed by atoms with Gasteiger partial charge in [-0.1, -0.05) is 0 Å². The maximum atomic E-state index is 10.3. The second kappa shape index (κ2) is 3.12. The molecule has 0 aliphatic carbocycles. The first-order valence-corrected chi connectivity index (χ1v) is 4.10. The topological polar surface area (TPSA) is 62.5 Å². The molecule has 5 heteroatoms. The Morgan fingerprint density at radius 1 is 1.45 bits per heavy atom. The fourth-order valence-corrected chi connectivity index (χ4v) is 1.31. The summed E-state index contributed by atoms with van der Waals surface area (Å²) in [6, 6.07) is 2.65. The number of hydrogen-bond donors (Lipinski definition) is 2. The summed E-state index contributed by atoms with van der Waals surface area (Å²) in [5.74, 6) is -0.233. The van der Waals surface area contributed by atoms with Crippen molar-refractivity contribution in [2.45, 2.75) is 4.05 Å².